The van der Waals surface area contributed by atoms with E-state index in [0.717, 1.165) is 6.42 Å². The minimum atomic E-state index is 1.14. The highest BCUT2D eigenvalue weighted by Gasteiger charge is 2.25. The van der Waals surface area contributed by atoms with Gasteiger partial charge >= 0.3 is 0 Å². The minimum absolute atomic E-state index is 1.14. The summed E-state index contributed by atoms with van der Waals surface area (Å²) >= 11 is 0. The van der Waals surface area contributed by atoms with Gasteiger partial charge in [0.25, 0.3) is 0 Å². The first-order valence-corrected chi connectivity index (χ1v) is 6.97. The lowest BCUT2D eigenvalue weighted by atomic mass is 9.95. The molecule has 92 valence electrons. The molecule has 0 spiro atoms. The van der Waals surface area contributed by atoms with Gasteiger partial charge in [-0.15, -0.1) is 0 Å². The predicted octanol–water partition coefficient (Wildman–Crippen LogP) is 3.27. The number of fused-ring (bicyclic) bond motifs is 1. The van der Waals surface area contributed by atoms with E-state index in [1.54, 1.807) is 0 Å². The zero-order valence-electron chi connectivity index (χ0n) is 11.0. The Hall–Kier alpha value is -1.18. The van der Waals surface area contributed by atoms with Gasteiger partial charge in [-0.2, -0.15) is 0 Å². The smallest absolute Gasteiger partial charge is 0.0420 e. The first-order valence-electron chi connectivity index (χ1n) is 6.97. The third-order valence-electron chi connectivity index (χ3n) is 4.18. The van der Waals surface area contributed by atoms with E-state index in [4.69, 9.17) is 0 Å². The third kappa shape index (κ3) is 1.70. The maximum atomic E-state index is 3.60. The van der Waals surface area contributed by atoms with E-state index in [0.29, 0.717) is 0 Å². The van der Waals surface area contributed by atoms with Crippen LogP contribution in [0.25, 0.3) is 5.70 Å². The summed E-state index contributed by atoms with van der Waals surface area (Å²) in [5.41, 5.74) is 7.45. The summed E-state index contributed by atoms with van der Waals surface area (Å²) in [5.74, 6) is 0. The van der Waals surface area contributed by atoms with Crippen LogP contribution in [0.1, 0.15) is 48.7 Å². The van der Waals surface area contributed by atoms with E-state index < -0.39 is 0 Å². The Morgan fingerprint density at radius 3 is 2.76 bits per heavy atom. The number of H-pyrrole nitrogens is 1. The van der Waals surface area contributed by atoms with Crippen molar-refractivity contribution in [2.24, 2.45) is 0 Å². The van der Waals surface area contributed by atoms with Gasteiger partial charge in [0.1, 0.15) is 0 Å². The van der Waals surface area contributed by atoms with Gasteiger partial charge in [0.2, 0.25) is 0 Å². The molecule has 17 heavy (non-hydrogen) atoms. The van der Waals surface area contributed by atoms with Gasteiger partial charge < -0.3 is 9.88 Å². The summed E-state index contributed by atoms with van der Waals surface area (Å²) in [6.07, 6.45) is 8.70. The monoisotopic (exact) mass is 230 g/mol. The summed E-state index contributed by atoms with van der Waals surface area (Å²) in [4.78, 5) is 6.19. The second kappa shape index (κ2) is 4.25. The molecule has 1 aliphatic carbocycles. The Morgan fingerprint density at radius 1 is 1.29 bits per heavy atom. The highest BCUT2D eigenvalue weighted by Crippen LogP contribution is 2.35. The fraction of sp³-hybridized carbons (Fsp3) is 0.600. The van der Waals surface area contributed by atoms with Crippen LogP contribution in [0.5, 0.6) is 0 Å². The van der Waals surface area contributed by atoms with Crippen molar-refractivity contribution in [3.05, 3.63) is 28.6 Å². The van der Waals surface area contributed by atoms with Crippen molar-refractivity contribution in [1.29, 1.82) is 0 Å². The molecule has 2 heterocycles. The van der Waals surface area contributed by atoms with Crippen molar-refractivity contribution in [2.45, 2.75) is 46.0 Å². The quantitative estimate of drug-likeness (QED) is 0.826. The van der Waals surface area contributed by atoms with E-state index in [9.17, 15) is 0 Å². The molecule has 0 atom stereocenters. The zero-order valence-corrected chi connectivity index (χ0v) is 11.0. The molecule has 0 radical (unpaired) electrons. The van der Waals surface area contributed by atoms with Crippen LogP contribution in [0.2, 0.25) is 0 Å². The van der Waals surface area contributed by atoms with Crippen LogP contribution in [-0.2, 0) is 12.8 Å². The first-order chi connectivity index (χ1) is 8.31. The van der Waals surface area contributed by atoms with Crippen LogP contribution in [0.3, 0.4) is 0 Å². The fourth-order valence-corrected chi connectivity index (χ4v) is 3.37. The average Bonchev–Trinajstić information content (AvgIpc) is 2.93. The highest BCUT2D eigenvalue weighted by molar-refractivity contribution is 5.72. The molecule has 1 aliphatic heterocycles. The number of nitrogens with one attached hydrogen (secondary N) is 1. The van der Waals surface area contributed by atoms with Crippen LogP contribution in [0.4, 0.5) is 0 Å². The van der Waals surface area contributed by atoms with E-state index in [2.05, 4.69) is 29.8 Å². The van der Waals surface area contributed by atoms with Crippen LogP contribution in [0, 0.1) is 6.92 Å². The van der Waals surface area contributed by atoms with Gasteiger partial charge in [-0.05, 0) is 44.6 Å². The molecular weight excluding hydrogens is 208 g/mol. The zero-order chi connectivity index (χ0) is 11.8. The van der Waals surface area contributed by atoms with Crippen molar-refractivity contribution in [1.82, 2.24) is 9.88 Å². The van der Waals surface area contributed by atoms with Crippen LogP contribution >= 0.6 is 0 Å². The Bertz CT molecular complexity index is 448. The lowest BCUT2D eigenvalue weighted by molar-refractivity contribution is 0.488. The lowest BCUT2D eigenvalue weighted by Crippen LogP contribution is -2.20. The van der Waals surface area contributed by atoms with Crippen LogP contribution in [-0.4, -0.2) is 23.0 Å². The van der Waals surface area contributed by atoms with Crippen molar-refractivity contribution in [3.63, 3.8) is 0 Å². The first kappa shape index (κ1) is 10.9. The molecule has 2 aliphatic rings. The summed E-state index contributed by atoms with van der Waals surface area (Å²) in [6, 6.07) is 0. The molecule has 3 rings (SSSR count). The van der Waals surface area contributed by atoms with Crippen LogP contribution < -0.4 is 0 Å². The Balaban J connectivity index is 2.05. The molecule has 1 fully saturated rings. The van der Waals surface area contributed by atoms with Crippen molar-refractivity contribution >= 4 is 5.70 Å². The van der Waals surface area contributed by atoms with Crippen molar-refractivity contribution in [3.8, 4) is 0 Å². The molecule has 2 heteroatoms. The fourth-order valence-electron chi connectivity index (χ4n) is 3.37. The largest absolute Gasteiger partial charge is 0.371 e. The highest BCUT2D eigenvalue weighted by atomic mass is 15.2. The molecule has 0 amide bonds. The average molecular weight is 230 g/mol. The third-order valence-corrected chi connectivity index (χ3v) is 4.18. The molecule has 1 aromatic rings. The number of likely N-dealkylation sites (tertiary alicyclic amines) is 1. The lowest BCUT2D eigenvalue weighted by Gasteiger charge is -2.26. The summed E-state index contributed by atoms with van der Waals surface area (Å²) in [5, 5.41) is 0. The molecule has 0 bridgehead atoms. The molecule has 0 aromatic carbocycles. The maximum absolute atomic E-state index is 3.60. The van der Waals surface area contributed by atoms with Crippen LogP contribution in [0.15, 0.2) is 6.08 Å². The van der Waals surface area contributed by atoms with Gasteiger partial charge in [-0.25, -0.2) is 0 Å². The topological polar surface area (TPSA) is 19.0 Å². The van der Waals surface area contributed by atoms with E-state index in [1.807, 2.05) is 0 Å². The van der Waals surface area contributed by atoms with E-state index in [1.165, 1.54) is 67.0 Å². The Kier molecular flexibility index (Phi) is 2.73. The van der Waals surface area contributed by atoms with E-state index >= 15 is 0 Å². The molecule has 0 saturated carbocycles. The summed E-state index contributed by atoms with van der Waals surface area (Å²) in [6.45, 7) is 6.99. The van der Waals surface area contributed by atoms with Gasteiger partial charge in [0, 0.05) is 35.7 Å². The SMILES string of the molecule is CCc1c(C)[nH]c2c1C(N1CCCC1)=CCC2. The summed E-state index contributed by atoms with van der Waals surface area (Å²) < 4.78 is 0. The number of aryl methyl sites for hydroxylation is 2. The van der Waals surface area contributed by atoms with Gasteiger partial charge in [-0.1, -0.05) is 13.0 Å². The number of aromatic nitrogens is 1. The predicted molar refractivity (Wildman–Crippen MR) is 72.0 cm³/mol. The number of allylic oxidation sites excluding steroid dienone is 1. The number of nitrogens with zero attached hydrogens (tertiary/aromatic N) is 1. The molecule has 2 nitrogen and oxygen atoms in total. The number of aromatic amines is 1. The van der Waals surface area contributed by atoms with Gasteiger partial charge in [-0.3, -0.25) is 0 Å². The maximum Gasteiger partial charge on any atom is 0.0420 e. The minimum Gasteiger partial charge on any atom is -0.371 e. The van der Waals surface area contributed by atoms with Gasteiger partial charge in [0.15, 0.2) is 0 Å². The normalized spacial score (nSPS) is 19.4. The second-order valence-electron chi connectivity index (χ2n) is 5.26. The van der Waals surface area contributed by atoms with Crippen molar-refractivity contribution in [2.75, 3.05) is 13.1 Å². The van der Waals surface area contributed by atoms with Gasteiger partial charge in [0.05, 0.1) is 0 Å². The Morgan fingerprint density at radius 2 is 2.06 bits per heavy atom. The number of rotatable bonds is 2. The van der Waals surface area contributed by atoms with E-state index in [-0.39, 0.29) is 0 Å². The molecule has 1 N–H and O–H groups in total. The molecular formula is C15H22N2. The molecule has 0 unspecified atom stereocenters. The standard InChI is InChI=1S/C15H22N2/c1-3-12-11(2)16-13-7-6-8-14(15(12)13)17-9-4-5-10-17/h8,16H,3-7,9-10H2,1-2H3. The summed E-state index contributed by atoms with van der Waals surface area (Å²) in [7, 11) is 0. The van der Waals surface area contributed by atoms with Crippen molar-refractivity contribution < 1.29 is 0 Å². The number of hydrogen-bond donors (Lipinski definition) is 1. The molecule has 1 saturated heterocycles. The Labute approximate surface area is 104 Å². The second-order valence-corrected chi connectivity index (χ2v) is 5.26. The number of hydrogen-bond acceptors (Lipinski definition) is 1. The molecule has 1 aromatic heterocycles.